The Morgan fingerprint density at radius 1 is 1.58 bits per heavy atom. The second-order valence-electron chi connectivity index (χ2n) is 5.28. The van der Waals surface area contributed by atoms with E-state index in [1.165, 1.54) is 12.8 Å². The van der Waals surface area contributed by atoms with E-state index in [4.69, 9.17) is 10.9 Å². The number of amidine groups is 1. The molecule has 0 aromatic carbocycles. The lowest BCUT2D eigenvalue weighted by molar-refractivity contribution is 0.318. The molecule has 0 bridgehead atoms. The first-order chi connectivity index (χ1) is 9.08. The molecule has 1 aliphatic carbocycles. The number of aryl methyl sites for hydroxylation is 2. The molecule has 1 aromatic rings. The standard InChI is InChI=1S/C13H23N5O/c1-4-7-18(8-10-5-6-10)13-11(12(14)16-19)9(2)15-17(13)3/h10,19H,4-8H2,1-3H3,(H2,14,16). The second kappa shape index (κ2) is 5.50. The smallest absolute Gasteiger partial charge is 0.175 e. The fourth-order valence-corrected chi connectivity index (χ4v) is 2.52. The van der Waals surface area contributed by atoms with Crippen LogP contribution in [0.4, 0.5) is 5.82 Å². The number of hydrogen-bond donors (Lipinski definition) is 2. The molecule has 1 saturated carbocycles. The van der Waals surface area contributed by atoms with Crippen LogP contribution in [-0.4, -0.2) is 33.9 Å². The lowest BCUT2D eigenvalue weighted by Crippen LogP contribution is -2.31. The average molecular weight is 265 g/mol. The van der Waals surface area contributed by atoms with E-state index in [-0.39, 0.29) is 5.84 Å². The summed E-state index contributed by atoms with van der Waals surface area (Å²) in [5.41, 5.74) is 7.35. The molecule has 6 heteroatoms. The molecule has 1 fully saturated rings. The maximum Gasteiger partial charge on any atom is 0.175 e. The molecule has 2 rings (SSSR count). The van der Waals surface area contributed by atoms with E-state index in [0.717, 1.165) is 42.5 Å². The largest absolute Gasteiger partial charge is 0.409 e. The molecular formula is C13H23N5O. The van der Waals surface area contributed by atoms with Crippen molar-refractivity contribution in [2.24, 2.45) is 23.9 Å². The summed E-state index contributed by atoms with van der Waals surface area (Å²) in [4.78, 5) is 2.31. The molecule has 1 aliphatic rings. The van der Waals surface area contributed by atoms with Gasteiger partial charge in [0, 0.05) is 20.1 Å². The Labute approximate surface area is 113 Å². The summed E-state index contributed by atoms with van der Waals surface area (Å²) < 4.78 is 1.83. The summed E-state index contributed by atoms with van der Waals surface area (Å²) in [5, 5.41) is 16.5. The van der Waals surface area contributed by atoms with Crippen molar-refractivity contribution in [2.45, 2.75) is 33.1 Å². The molecule has 106 valence electrons. The van der Waals surface area contributed by atoms with E-state index in [2.05, 4.69) is 22.1 Å². The van der Waals surface area contributed by atoms with E-state index in [1.807, 2.05) is 18.7 Å². The Hall–Kier alpha value is -1.72. The van der Waals surface area contributed by atoms with Gasteiger partial charge in [-0.1, -0.05) is 12.1 Å². The van der Waals surface area contributed by atoms with Gasteiger partial charge in [0.25, 0.3) is 0 Å². The van der Waals surface area contributed by atoms with Gasteiger partial charge in [-0.2, -0.15) is 5.10 Å². The lowest BCUT2D eigenvalue weighted by atomic mass is 10.2. The van der Waals surface area contributed by atoms with E-state index in [9.17, 15) is 0 Å². The topological polar surface area (TPSA) is 79.7 Å². The molecule has 19 heavy (non-hydrogen) atoms. The molecule has 0 spiro atoms. The zero-order chi connectivity index (χ0) is 14.0. The van der Waals surface area contributed by atoms with Gasteiger partial charge in [0.2, 0.25) is 0 Å². The van der Waals surface area contributed by atoms with E-state index < -0.39 is 0 Å². The maximum atomic E-state index is 8.96. The molecule has 0 radical (unpaired) electrons. The van der Waals surface area contributed by atoms with Crippen molar-refractivity contribution in [1.29, 1.82) is 0 Å². The number of nitrogens with zero attached hydrogens (tertiary/aromatic N) is 4. The average Bonchev–Trinajstić information content (AvgIpc) is 3.13. The SMILES string of the molecule is CCCN(CC1CC1)c1c(C(N)=NO)c(C)nn1C. The second-order valence-corrected chi connectivity index (χ2v) is 5.28. The number of aromatic nitrogens is 2. The number of hydrogen-bond acceptors (Lipinski definition) is 4. The first-order valence-corrected chi connectivity index (χ1v) is 6.84. The minimum atomic E-state index is 0.137. The molecule has 0 unspecified atom stereocenters. The summed E-state index contributed by atoms with van der Waals surface area (Å²) in [6.07, 6.45) is 3.67. The van der Waals surface area contributed by atoms with Gasteiger partial charge in [-0.25, -0.2) is 0 Å². The van der Waals surface area contributed by atoms with Crippen LogP contribution in [0, 0.1) is 12.8 Å². The fourth-order valence-electron chi connectivity index (χ4n) is 2.52. The van der Waals surface area contributed by atoms with Crippen LogP contribution in [0.3, 0.4) is 0 Å². The molecular weight excluding hydrogens is 242 g/mol. The monoisotopic (exact) mass is 265 g/mol. The van der Waals surface area contributed by atoms with Gasteiger partial charge < -0.3 is 15.8 Å². The van der Waals surface area contributed by atoms with Crippen LogP contribution in [0.15, 0.2) is 5.16 Å². The van der Waals surface area contributed by atoms with E-state index in [1.54, 1.807) is 0 Å². The van der Waals surface area contributed by atoms with Gasteiger partial charge in [0.05, 0.1) is 11.3 Å². The molecule has 0 atom stereocenters. The number of nitrogens with two attached hydrogens (primary N) is 1. The van der Waals surface area contributed by atoms with E-state index in [0.29, 0.717) is 0 Å². The Morgan fingerprint density at radius 2 is 2.26 bits per heavy atom. The first-order valence-electron chi connectivity index (χ1n) is 6.84. The summed E-state index contributed by atoms with van der Waals surface area (Å²) in [6.45, 7) is 6.03. The van der Waals surface area contributed by atoms with Crippen LogP contribution in [-0.2, 0) is 7.05 Å². The Bertz CT molecular complexity index is 476. The molecule has 0 amide bonds. The lowest BCUT2D eigenvalue weighted by Gasteiger charge is -2.25. The minimum absolute atomic E-state index is 0.137. The highest BCUT2D eigenvalue weighted by atomic mass is 16.4. The molecule has 6 nitrogen and oxygen atoms in total. The number of anilines is 1. The first kappa shape index (κ1) is 13.7. The third kappa shape index (κ3) is 2.83. The van der Waals surface area contributed by atoms with Gasteiger partial charge in [0.15, 0.2) is 5.84 Å². The fraction of sp³-hybridized carbons (Fsp3) is 0.692. The van der Waals surface area contributed by atoms with Crippen molar-refractivity contribution in [1.82, 2.24) is 9.78 Å². The molecule has 1 aromatic heterocycles. The summed E-state index contributed by atoms with van der Waals surface area (Å²) in [7, 11) is 1.91. The van der Waals surface area contributed by atoms with Gasteiger partial charge in [-0.05, 0) is 32.1 Å². The molecule has 0 aliphatic heterocycles. The van der Waals surface area contributed by atoms with Gasteiger partial charge in [-0.3, -0.25) is 4.68 Å². The van der Waals surface area contributed by atoms with Crippen molar-refractivity contribution in [3.8, 4) is 0 Å². The Kier molecular flexibility index (Phi) is 3.97. The highest BCUT2D eigenvalue weighted by Crippen LogP contribution is 2.33. The highest BCUT2D eigenvalue weighted by molar-refractivity contribution is 6.02. The Balaban J connectivity index is 2.38. The van der Waals surface area contributed by atoms with Crippen LogP contribution < -0.4 is 10.6 Å². The quantitative estimate of drug-likeness (QED) is 0.353. The predicted octanol–water partition coefficient (Wildman–Crippen LogP) is 1.45. The van der Waals surface area contributed by atoms with E-state index >= 15 is 0 Å². The summed E-state index contributed by atoms with van der Waals surface area (Å²) in [5.74, 6) is 1.88. The normalized spacial score (nSPS) is 15.8. The minimum Gasteiger partial charge on any atom is -0.409 e. The molecule has 3 N–H and O–H groups in total. The highest BCUT2D eigenvalue weighted by Gasteiger charge is 2.28. The third-order valence-corrected chi connectivity index (χ3v) is 3.52. The molecule has 0 saturated heterocycles. The van der Waals surface area contributed by atoms with Crippen LogP contribution in [0.2, 0.25) is 0 Å². The molecule has 1 heterocycles. The third-order valence-electron chi connectivity index (χ3n) is 3.52. The number of oxime groups is 1. The van der Waals surface area contributed by atoms with Crippen molar-refractivity contribution in [2.75, 3.05) is 18.0 Å². The maximum absolute atomic E-state index is 8.96. The zero-order valence-electron chi connectivity index (χ0n) is 11.9. The van der Waals surface area contributed by atoms with Crippen LogP contribution in [0.1, 0.15) is 37.4 Å². The van der Waals surface area contributed by atoms with Crippen molar-refractivity contribution >= 4 is 11.7 Å². The number of rotatable bonds is 6. The van der Waals surface area contributed by atoms with Crippen LogP contribution in [0.25, 0.3) is 0 Å². The summed E-state index contributed by atoms with van der Waals surface area (Å²) >= 11 is 0. The summed E-state index contributed by atoms with van der Waals surface area (Å²) in [6, 6.07) is 0. The van der Waals surface area contributed by atoms with Crippen molar-refractivity contribution in [3.05, 3.63) is 11.3 Å². The Morgan fingerprint density at radius 3 is 2.79 bits per heavy atom. The van der Waals surface area contributed by atoms with Crippen LogP contribution in [0.5, 0.6) is 0 Å². The van der Waals surface area contributed by atoms with Gasteiger partial charge in [0.1, 0.15) is 5.82 Å². The van der Waals surface area contributed by atoms with Gasteiger partial charge >= 0.3 is 0 Å². The van der Waals surface area contributed by atoms with Crippen molar-refractivity contribution < 1.29 is 5.21 Å². The zero-order valence-corrected chi connectivity index (χ0v) is 11.9. The van der Waals surface area contributed by atoms with Crippen LogP contribution >= 0.6 is 0 Å². The van der Waals surface area contributed by atoms with Gasteiger partial charge in [-0.15, -0.1) is 0 Å². The predicted molar refractivity (Wildman–Crippen MR) is 75.7 cm³/mol. The van der Waals surface area contributed by atoms with Crippen molar-refractivity contribution in [3.63, 3.8) is 0 Å².